The van der Waals surface area contributed by atoms with Crippen molar-refractivity contribution in [1.29, 1.82) is 0 Å². The normalized spacial score (nSPS) is 10.9. The molecule has 29 heavy (non-hydrogen) atoms. The number of halogens is 1. The number of aryl methyl sites for hydroxylation is 2. The predicted octanol–water partition coefficient (Wildman–Crippen LogP) is 4.28. The van der Waals surface area contributed by atoms with Crippen molar-refractivity contribution in [2.75, 3.05) is 5.32 Å². The molecule has 0 atom stereocenters. The quantitative estimate of drug-likeness (QED) is 0.548. The van der Waals surface area contributed by atoms with Crippen molar-refractivity contribution in [3.63, 3.8) is 0 Å². The third-order valence-corrected chi connectivity index (χ3v) is 4.83. The summed E-state index contributed by atoms with van der Waals surface area (Å²) < 4.78 is 3.41. The fraction of sp³-hybridized carbons (Fsp3) is 0.143. The summed E-state index contributed by atoms with van der Waals surface area (Å²) in [5.74, 6) is 0.300. The van der Waals surface area contributed by atoms with Crippen LogP contribution >= 0.6 is 11.6 Å². The summed E-state index contributed by atoms with van der Waals surface area (Å²) in [6, 6.07) is 16.9. The van der Waals surface area contributed by atoms with Gasteiger partial charge in [-0.25, -0.2) is 14.3 Å². The highest BCUT2D eigenvalue weighted by Crippen LogP contribution is 2.23. The average Bonchev–Trinajstić information content (AvgIpc) is 3.24. The molecule has 0 fully saturated rings. The third-order valence-electron chi connectivity index (χ3n) is 4.57. The van der Waals surface area contributed by atoms with Crippen LogP contribution in [0.2, 0.25) is 5.02 Å². The highest BCUT2D eigenvalue weighted by molar-refractivity contribution is 6.30. The van der Waals surface area contributed by atoms with E-state index >= 15 is 0 Å². The highest BCUT2D eigenvalue weighted by Gasteiger charge is 2.20. The second-order valence-electron chi connectivity index (χ2n) is 6.62. The topological polar surface area (TPSA) is 77.6 Å². The Hall–Kier alpha value is -3.45. The molecular weight excluding hydrogens is 388 g/mol. The van der Waals surface area contributed by atoms with Gasteiger partial charge in [0, 0.05) is 5.02 Å². The van der Waals surface area contributed by atoms with Gasteiger partial charge in [0.1, 0.15) is 5.82 Å². The largest absolute Gasteiger partial charge is 0.316 e. The number of anilines is 1. The van der Waals surface area contributed by atoms with Crippen molar-refractivity contribution in [2.24, 2.45) is 0 Å². The van der Waals surface area contributed by atoms with Crippen molar-refractivity contribution in [1.82, 2.24) is 24.5 Å². The molecule has 8 heteroatoms. The summed E-state index contributed by atoms with van der Waals surface area (Å²) in [7, 11) is 0. The number of hydrogen-bond acceptors (Lipinski definition) is 4. The van der Waals surface area contributed by atoms with Crippen molar-refractivity contribution >= 4 is 23.2 Å². The zero-order valence-corrected chi connectivity index (χ0v) is 17.0. The molecule has 7 nitrogen and oxygen atoms in total. The molecule has 0 spiro atoms. The molecule has 1 amide bonds. The molecule has 4 rings (SSSR count). The van der Waals surface area contributed by atoms with E-state index in [9.17, 15) is 4.79 Å². The lowest BCUT2D eigenvalue weighted by molar-refractivity contribution is 0.101. The number of nitrogens with zero attached hydrogens (tertiary/aromatic N) is 5. The molecule has 0 aliphatic heterocycles. The van der Waals surface area contributed by atoms with E-state index in [1.807, 2.05) is 56.3 Å². The maximum atomic E-state index is 12.8. The van der Waals surface area contributed by atoms with E-state index in [1.165, 1.54) is 0 Å². The summed E-state index contributed by atoms with van der Waals surface area (Å²) in [6.07, 6.45) is 0. The second-order valence-corrected chi connectivity index (χ2v) is 7.05. The number of nitrogens with one attached hydrogen (secondary N) is 1. The molecule has 1 N–H and O–H groups in total. The lowest BCUT2D eigenvalue weighted by atomic mass is 10.3. The lowest BCUT2D eigenvalue weighted by Crippen LogP contribution is -2.15. The predicted molar refractivity (Wildman–Crippen MR) is 112 cm³/mol. The Morgan fingerprint density at radius 2 is 1.55 bits per heavy atom. The Morgan fingerprint density at radius 1 is 0.897 bits per heavy atom. The van der Waals surface area contributed by atoms with Gasteiger partial charge in [0.05, 0.1) is 28.5 Å². The molecule has 2 aromatic heterocycles. The van der Waals surface area contributed by atoms with Crippen molar-refractivity contribution in [3.8, 4) is 11.4 Å². The van der Waals surface area contributed by atoms with Gasteiger partial charge in [-0.3, -0.25) is 4.79 Å². The number of carbonyl (C=O) groups excluding carboxylic acids is 1. The van der Waals surface area contributed by atoms with Gasteiger partial charge in [-0.15, -0.1) is 5.10 Å². The molecule has 0 aliphatic rings. The standard InChI is InChI=1S/C21H19ClN6O/c1-13-19(14(2)27(25-13)17-7-5-4-6-8-17)24-21(29)20-23-15(3)28(26-20)18-11-9-16(22)10-12-18/h4-12H,1-3H3,(H,24,29). The van der Waals surface area contributed by atoms with Crippen LogP contribution in [0.3, 0.4) is 0 Å². The molecule has 0 bridgehead atoms. The summed E-state index contributed by atoms with van der Waals surface area (Å²) in [6.45, 7) is 5.56. The first kappa shape index (κ1) is 18.9. The first-order chi connectivity index (χ1) is 13.9. The van der Waals surface area contributed by atoms with Crippen LogP contribution in [0.1, 0.15) is 27.8 Å². The molecule has 4 aromatic rings. The second kappa shape index (κ2) is 7.52. The minimum atomic E-state index is -0.389. The molecule has 146 valence electrons. The van der Waals surface area contributed by atoms with Crippen molar-refractivity contribution in [3.05, 3.63) is 82.7 Å². The molecule has 2 aromatic carbocycles. The lowest BCUT2D eigenvalue weighted by Gasteiger charge is -2.06. The van der Waals surface area contributed by atoms with Gasteiger partial charge in [-0.05, 0) is 57.2 Å². The van der Waals surface area contributed by atoms with Crippen LogP contribution in [-0.2, 0) is 0 Å². The minimum absolute atomic E-state index is 0.0868. The van der Waals surface area contributed by atoms with E-state index in [4.69, 9.17) is 11.6 Å². The van der Waals surface area contributed by atoms with Gasteiger partial charge in [0.25, 0.3) is 5.91 Å². The number of hydrogen-bond donors (Lipinski definition) is 1. The summed E-state index contributed by atoms with van der Waals surface area (Å²) in [5, 5.41) is 12.4. The van der Waals surface area contributed by atoms with E-state index in [0.717, 1.165) is 17.1 Å². The van der Waals surface area contributed by atoms with Crippen LogP contribution in [0, 0.1) is 20.8 Å². The first-order valence-electron chi connectivity index (χ1n) is 9.06. The Morgan fingerprint density at radius 3 is 2.24 bits per heavy atom. The average molecular weight is 407 g/mol. The third kappa shape index (κ3) is 3.64. The van der Waals surface area contributed by atoms with Crippen LogP contribution in [0.25, 0.3) is 11.4 Å². The fourth-order valence-corrected chi connectivity index (χ4v) is 3.25. The molecule has 0 unspecified atom stereocenters. The van der Waals surface area contributed by atoms with Crippen molar-refractivity contribution in [2.45, 2.75) is 20.8 Å². The number of aromatic nitrogens is 5. The maximum Gasteiger partial charge on any atom is 0.295 e. The van der Waals surface area contributed by atoms with Gasteiger partial charge in [0.15, 0.2) is 0 Å². The minimum Gasteiger partial charge on any atom is -0.316 e. The van der Waals surface area contributed by atoms with Crippen LogP contribution < -0.4 is 5.32 Å². The van der Waals surface area contributed by atoms with E-state index in [2.05, 4.69) is 20.5 Å². The van der Waals surface area contributed by atoms with Gasteiger partial charge in [0.2, 0.25) is 5.82 Å². The molecule has 0 saturated carbocycles. The Balaban J connectivity index is 1.62. The SMILES string of the molecule is Cc1nn(-c2ccccc2)c(C)c1NC(=O)c1nc(C)n(-c2ccc(Cl)cc2)n1. The summed E-state index contributed by atoms with van der Waals surface area (Å²) in [5.41, 5.74) is 3.90. The zero-order chi connectivity index (χ0) is 20.5. The highest BCUT2D eigenvalue weighted by atomic mass is 35.5. The monoisotopic (exact) mass is 406 g/mol. The number of amides is 1. The Bertz CT molecular complexity index is 1180. The number of rotatable bonds is 4. The van der Waals surface area contributed by atoms with E-state index < -0.39 is 0 Å². The molecule has 0 saturated heterocycles. The smallest absolute Gasteiger partial charge is 0.295 e. The Kier molecular flexibility index (Phi) is 4.90. The van der Waals surface area contributed by atoms with Gasteiger partial charge in [-0.2, -0.15) is 5.10 Å². The Labute approximate surface area is 173 Å². The van der Waals surface area contributed by atoms with Crippen LogP contribution in [0.4, 0.5) is 5.69 Å². The first-order valence-corrected chi connectivity index (χ1v) is 9.44. The molecule has 0 radical (unpaired) electrons. The molecule has 2 heterocycles. The van der Waals surface area contributed by atoms with Gasteiger partial charge >= 0.3 is 0 Å². The number of para-hydroxylation sites is 1. The van der Waals surface area contributed by atoms with E-state index in [0.29, 0.717) is 22.2 Å². The van der Waals surface area contributed by atoms with Crippen LogP contribution in [-0.4, -0.2) is 30.5 Å². The molecular formula is C21H19ClN6O. The van der Waals surface area contributed by atoms with Gasteiger partial charge in [-0.1, -0.05) is 29.8 Å². The van der Waals surface area contributed by atoms with Crippen LogP contribution in [0.5, 0.6) is 0 Å². The number of carbonyl (C=O) groups is 1. The summed E-state index contributed by atoms with van der Waals surface area (Å²) >= 11 is 5.94. The molecule has 0 aliphatic carbocycles. The summed E-state index contributed by atoms with van der Waals surface area (Å²) in [4.78, 5) is 17.1. The fourth-order valence-electron chi connectivity index (χ4n) is 3.13. The van der Waals surface area contributed by atoms with Crippen molar-refractivity contribution < 1.29 is 4.79 Å². The maximum absolute atomic E-state index is 12.8. The van der Waals surface area contributed by atoms with E-state index in [-0.39, 0.29) is 11.7 Å². The zero-order valence-electron chi connectivity index (χ0n) is 16.2. The number of benzene rings is 2. The van der Waals surface area contributed by atoms with Crippen LogP contribution in [0.15, 0.2) is 54.6 Å². The van der Waals surface area contributed by atoms with E-state index in [1.54, 1.807) is 28.4 Å². The van der Waals surface area contributed by atoms with Gasteiger partial charge < -0.3 is 5.32 Å².